The Bertz CT molecular complexity index is 299. The highest BCUT2D eigenvalue weighted by atomic mass is 16.5. The number of carbonyl (C=O) groups is 2. The lowest BCUT2D eigenvalue weighted by atomic mass is 9.97. The monoisotopic (exact) mass is 257 g/mol. The molecular formula is C12H23N3O3. The van der Waals surface area contributed by atoms with Crippen molar-refractivity contribution in [3.8, 4) is 0 Å². The summed E-state index contributed by atoms with van der Waals surface area (Å²) >= 11 is 0. The molecule has 0 spiro atoms. The second-order valence-electron chi connectivity index (χ2n) is 5.60. The first-order valence-corrected chi connectivity index (χ1v) is 6.26. The molecule has 0 radical (unpaired) electrons. The van der Waals surface area contributed by atoms with Crippen molar-refractivity contribution in [3.05, 3.63) is 0 Å². The molecule has 1 heterocycles. The first-order valence-electron chi connectivity index (χ1n) is 6.26. The van der Waals surface area contributed by atoms with Gasteiger partial charge in [-0.25, -0.2) is 4.79 Å². The highest BCUT2D eigenvalue weighted by molar-refractivity contribution is 5.78. The summed E-state index contributed by atoms with van der Waals surface area (Å²) in [5.74, 6) is -0.0156. The fraction of sp³-hybridized carbons (Fsp3) is 0.833. The molecule has 0 atom stereocenters. The second kappa shape index (κ2) is 6.58. The quantitative estimate of drug-likeness (QED) is 0.755. The number of urea groups is 1. The first-order chi connectivity index (χ1) is 8.38. The number of ether oxygens (including phenoxy) is 1. The number of hydrogen-bond acceptors (Lipinski definition) is 3. The molecule has 0 saturated carbocycles. The molecule has 0 aliphatic carbocycles. The van der Waals surface area contributed by atoms with Crippen molar-refractivity contribution < 1.29 is 14.3 Å². The molecule has 0 bridgehead atoms. The molecule has 104 valence electrons. The predicted molar refractivity (Wildman–Crippen MR) is 68.3 cm³/mol. The Kier molecular flexibility index (Phi) is 5.40. The number of nitrogens with one attached hydrogen (secondary N) is 2. The maximum Gasteiger partial charge on any atom is 0.314 e. The maximum absolute atomic E-state index is 11.5. The highest BCUT2D eigenvalue weighted by Crippen LogP contribution is 2.09. The lowest BCUT2D eigenvalue weighted by molar-refractivity contribution is -0.142. The van der Waals surface area contributed by atoms with Gasteiger partial charge < -0.3 is 20.3 Å². The van der Waals surface area contributed by atoms with Crippen LogP contribution in [0.25, 0.3) is 0 Å². The lowest BCUT2D eigenvalue weighted by Crippen LogP contribution is -2.47. The van der Waals surface area contributed by atoms with Crippen LogP contribution in [0.1, 0.15) is 20.8 Å². The van der Waals surface area contributed by atoms with E-state index in [2.05, 4.69) is 31.4 Å². The van der Waals surface area contributed by atoms with Crippen molar-refractivity contribution in [2.24, 2.45) is 5.41 Å². The summed E-state index contributed by atoms with van der Waals surface area (Å²) < 4.78 is 5.02. The molecule has 1 saturated heterocycles. The van der Waals surface area contributed by atoms with Crippen molar-refractivity contribution in [1.29, 1.82) is 0 Å². The molecule has 1 rings (SSSR count). The van der Waals surface area contributed by atoms with Gasteiger partial charge in [-0.1, -0.05) is 20.8 Å². The largest absolute Gasteiger partial charge is 0.370 e. The Hall–Kier alpha value is -1.30. The summed E-state index contributed by atoms with van der Waals surface area (Å²) in [5.41, 5.74) is 0.0670. The van der Waals surface area contributed by atoms with E-state index in [1.54, 1.807) is 4.90 Å². The summed E-state index contributed by atoms with van der Waals surface area (Å²) in [6.07, 6.45) is 0. The van der Waals surface area contributed by atoms with Gasteiger partial charge in [0.25, 0.3) is 0 Å². The molecule has 2 N–H and O–H groups in total. The van der Waals surface area contributed by atoms with E-state index < -0.39 is 0 Å². The summed E-state index contributed by atoms with van der Waals surface area (Å²) in [6.45, 7) is 9.10. The molecular weight excluding hydrogens is 234 g/mol. The normalized spacial score (nSPS) is 16.6. The fourth-order valence-electron chi connectivity index (χ4n) is 1.50. The van der Waals surface area contributed by atoms with E-state index in [4.69, 9.17) is 4.74 Å². The van der Waals surface area contributed by atoms with Crippen molar-refractivity contribution in [2.45, 2.75) is 20.8 Å². The fourth-order valence-corrected chi connectivity index (χ4v) is 1.50. The number of rotatable bonds is 4. The first kappa shape index (κ1) is 14.8. The number of amides is 3. The van der Waals surface area contributed by atoms with Crippen LogP contribution in [0.4, 0.5) is 4.79 Å². The number of morpholine rings is 1. The minimum atomic E-state index is -0.189. The summed E-state index contributed by atoms with van der Waals surface area (Å²) in [4.78, 5) is 24.6. The SMILES string of the molecule is CC(C)(C)CNC(=O)NCCN1CCOCC1=O. The minimum Gasteiger partial charge on any atom is -0.370 e. The van der Waals surface area contributed by atoms with E-state index in [9.17, 15) is 9.59 Å². The molecule has 3 amide bonds. The molecule has 0 aromatic heterocycles. The Labute approximate surface area is 108 Å². The van der Waals surface area contributed by atoms with Crippen LogP contribution in [0.15, 0.2) is 0 Å². The smallest absolute Gasteiger partial charge is 0.314 e. The average molecular weight is 257 g/mol. The Morgan fingerprint density at radius 1 is 1.39 bits per heavy atom. The van der Waals surface area contributed by atoms with Gasteiger partial charge in [0, 0.05) is 26.2 Å². The van der Waals surface area contributed by atoms with Gasteiger partial charge in [-0.05, 0) is 5.41 Å². The number of hydrogen-bond donors (Lipinski definition) is 2. The van der Waals surface area contributed by atoms with Crippen LogP contribution in [-0.2, 0) is 9.53 Å². The third-order valence-electron chi connectivity index (χ3n) is 2.53. The highest BCUT2D eigenvalue weighted by Gasteiger charge is 2.18. The van der Waals surface area contributed by atoms with Crippen LogP contribution < -0.4 is 10.6 Å². The maximum atomic E-state index is 11.5. The predicted octanol–water partition coefficient (Wildman–Crippen LogP) is 0.191. The lowest BCUT2D eigenvalue weighted by Gasteiger charge is -2.26. The third kappa shape index (κ3) is 5.86. The summed E-state index contributed by atoms with van der Waals surface area (Å²) in [6, 6.07) is -0.189. The van der Waals surface area contributed by atoms with Gasteiger partial charge >= 0.3 is 6.03 Å². The molecule has 0 unspecified atom stereocenters. The number of carbonyl (C=O) groups excluding carboxylic acids is 2. The van der Waals surface area contributed by atoms with Crippen LogP contribution in [0.5, 0.6) is 0 Å². The molecule has 1 fully saturated rings. The van der Waals surface area contributed by atoms with Crippen LogP contribution in [0, 0.1) is 5.41 Å². The van der Waals surface area contributed by atoms with Crippen molar-refractivity contribution in [2.75, 3.05) is 39.4 Å². The van der Waals surface area contributed by atoms with Crippen LogP contribution in [0.3, 0.4) is 0 Å². The Balaban J connectivity index is 2.13. The molecule has 1 aliphatic rings. The minimum absolute atomic E-state index is 0.0156. The number of nitrogens with zero attached hydrogens (tertiary/aromatic N) is 1. The van der Waals surface area contributed by atoms with Gasteiger partial charge in [0.2, 0.25) is 5.91 Å². The van der Waals surface area contributed by atoms with Gasteiger partial charge in [-0.3, -0.25) is 4.79 Å². The van der Waals surface area contributed by atoms with Gasteiger partial charge in [0.15, 0.2) is 0 Å². The van der Waals surface area contributed by atoms with Crippen molar-refractivity contribution in [3.63, 3.8) is 0 Å². The van der Waals surface area contributed by atoms with E-state index in [0.29, 0.717) is 32.8 Å². The molecule has 1 aliphatic heterocycles. The molecule has 0 aromatic rings. The van der Waals surface area contributed by atoms with E-state index in [1.807, 2.05) is 0 Å². The van der Waals surface area contributed by atoms with Gasteiger partial charge in [0.1, 0.15) is 6.61 Å². The Morgan fingerprint density at radius 3 is 2.72 bits per heavy atom. The molecule has 6 heteroatoms. The second-order valence-corrected chi connectivity index (χ2v) is 5.60. The van der Waals surface area contributed by atoms with Crippen molar-refractivity contribution >= 4 is 11.9 Å². The zero-order chi connectivity index (χ0) is 13.6. The third-order valence-corrected chi connectivity index (χ3v) is 2.53. The van der Waals surface area contributed by atoms with Gasteiger partial charge in [-0.15, -0.1) is 0 Å². The average Bonchev–Trinajstić information content (AvgIpc) is 2.28. The van der Waals surface area contributed by atoms with E-state index in [0.717, 1.165) is 0 Å². The van der Waals surface area contributed by atoms with Crippen LogP contribution in [0.2, 0.25) is 0 Å². The van der Waals surface area contributed by atoms with E-state index >= 15 is 0 Å². The van der Waals surface area contributed by atoms with Crippen LogP contribution >= 0.6 is 0 Å². The standard InChI is InChI=1S/C12H23N3O3/c1-12(2,3)9-14-11(17)13-4-5-15-6-7-18-8-10(15)16/h4-9H2,1-3H3,(H2,13,14,17). The van der Waals surface area contributed by atoms with Crippen molar-refractivity contribution in [1.82, 2.24) is 15.5 Å². The van der Waals surface area contributed by atoms with E-state index in [1.165, 1.54) is 0 Å². The zero-order valence-corrected chi connectivity index (χ0v) is 11.4. The summed E-state index contributed by atoms with van der Waals surface area (Å²) in [7, 11) is 0. The molecule has 18 heavy (non-hydrogen) atoms. The summed E-state index contributed by atoms with van der Waals surface area (Å²) in [5, 5.41) is 5.53. The van der Waals surface area contributed by atoms with Gasteiger partial charge in [0.05, 0.1) is 6.61 Å². The zero-order valence-electron chi connectivity index (χ0n) is 11.4. The molecule has 6 nitrogen and oxygen atoms in total. The van der Waals surface area contributed by atoms with Gasteiger partial charge in [-0.2, -0.15) is 0 Å². The Morgan fingerprint density at radius 2 is 2.11 bits per heavy atom. The van der Waals surface area contributed by atoms with E-state index in [-0.39, 0.29) is 24.0 Å². The topological polar surface area (TPSA) is 70.7 Å². The molecule has 0 aromatic carbocycles. The van der Waals surface area contributed by atoms with Crippen LogP contribution in [-0.4, -0.2) is 56.2 Å².